The van der Waals surface area contributed by atoms with Crippen LogP contribution in [-0.2, 0) is 16.0 Å². The molecule has 0 bridgehead atoms. The third-order valence-electron chi connectivity index (χ3n) is 3.39. The summed E-state index contributed by atoms with van der Waals surface area (Å²) in [6.45, 7) is 5.56. The number of aromatic nitrogens is 1. The molecule has 7 heteroatoms. The molecule has 0 unspecified atom stereocenters. The van der Waals surface area contributed by atoms with Gasteiger partial charge >= 0.3 is 0 Å². The number of carbonyl (C=O) groups excluding carboxylic acids is 2. The Balaban J connectivity index is 1.98. The molecule has 24 heavy (non-hydrogen) atoms. The van der Waals surface area contributed by atoms with Crippen molar-refractivity contribution in [3.63, 3.8) is 0 Å². The van der Waals surface area contributed by atoms with Crippen molar-refractivity contribution in [1.29, 1.82) is 0 Å². The van der Waals surface area contributed by atoms with Crippen LogP contribution in [0.5, 0.6) is 0 Å². The molecule has 0 fully saturated rings. The molecule has 1 heterocycles. The monoisotopic (exact) mass is 349 g/mol. The summed E-state index contributed by atoms with van der Waals surface area (Å²) in [4.78, 5) is 31.2. The van der Waals surface area contributed by atoms with Gasteiger partial charge in [0.05, 0.1) is 6.42 Å². The van der Waals surface area contributed by atoms with Gasteiger partial charge in [0.15, 0.2) is 5.13 Å². The minimum atomic E-state index is -0.343. The maximum atomic E-state index is 12.9. The highest BCUT2D eigenvalue weighted by Crippen LogP contribution is 2.16. The van der Waals surface area contributed by atoms with E-state index >= 15 is 0 Å². The topological polar surface area (TPSA) is 62.3 Å². The van der Waals surface area contributed by atoms with Crippen LogP contribution >= 0.6 is 11.3 Å². The number of benzene rings is 1. The van der Waals surface area contributed by atoms with Crippen LogP contribution in [0.4, 0.5) is 9.52 Å². The fourth-order valence-electron chi connectivity index (χ4n) is 2.16. The van der Waals surface area contributed by atoms with Crippen LogP contribution < -0.4 is 5.32 Å². The third kappa shape index (κ3) is 5.13. The average molecular weight is 349 g/mol. The Morgan fingerprint density at radius 2 is 1.96 bits per heavy atom. The van der Waals surface area contributed by atoms with Crippen molar-refractivity contribution in [2.24, 2.45) is 0 Å². The Labute approximate surface area is 144 Å². The van der Waals surface area contributed by atoms with Crippen LogP contribution in [0.2, 0.25) is 0 Å². The van der Waals surface area contributed by atoms with Gasteiger partial charge in [0, 0.05) is 17.1 Å². The molecule has 0 radical (unpaired) electrons. The molecule has 2 amide bonds. The molecule has 128 valence electrons. The van der Waals surface area contributed by atoms with Crippen molar-refractivity contribution >= 4 is 28.3 Å². The molecule has 1 aromatic heterocycles. The number of halogens is 1. The van der Waals surface area contributed by atoms with E-state index in [1.54, 1.807) is 18.3 Å². The van der Waals surface area contributed by atoms with E-state index in [9.17, 15) is 14.0 Å². The van der Waals surface area contributed by atoms with Gasteiger partial charge in [-0.3, -0.25) is 9.59 Å². The first-order chi connectivity index (χ1) is 11.3. The minimum absolute atomic E-state index is 0.0453. The number of nitrogens with one attached hydrogen (secondary N) is 1. The molecule has 0 aliphatic carbocycles. The van der Waals surface area contributed by atoms with E-state index in [1.165, 1.54) is 28.4 Å². The summed E-state index contributed by atoms with van der Waals surface area (Å²) in [7, 11) is 0. The van der Waals surface area contributed by atoms with E-state index in [2.05, 4.69) is 10.3 Å². The Morgan fingerprint density at radius 1 is 1.29 bits per heavy atom. The highest BCUT2D eigenvalue weighted by Gasteiger charge is 2.21. The van der Waals surface area contributed by atoms with Gasteiger partial charge in [-0.25, -0.2) is 9.37 Å². The first kappa shape index (κ1) is 18.1. The fraction of sp³-hybridized carbons (Fsp3) is 0.353. The van der Waals surface area contributed by atoms with Crippen LogP contribution in [0, 0.1) is 12.7 Å². The number of anilines is 1. The Morgan fingerprint density at radius 3 is 2.50 bits per heavy atom. The van der Waals surface area contributed by atoms with Crippen LogP contribution in [-0.4, -0.2) is 34.3 Å². The number of thiazole rings is 1. The number of rotatable bonds is 6. The summed E-state index contributed by atoms with van der Waals surface area (Å²) in [5.41, 5.74) is 0.711. The summed E-state index contributed by atoms with van der Waals surface area (Å²) in [6.07, 6.45) is 1.81. The molecule has 5 nitrogen and oxygen atoms in total. The van der Waals surface area contributed by atoms with Gasteiger partial charge in [-0.05, 0) is 38.5 Å². The van der Waals surface area contributed by atoms with Gasteiger partial charge in [0.1, 0.15) is 12.4 Å². The maximum absolute atomic E-state index is 12.9. The van der Waals surface area contributed by atoms with E-state index in [4.69, 9.17) is 0 Å². The van der Waals surface area contributed by atoms with Crippen molar-refractivity contribution in [2.75, 3.05) is 11.9 Å². The molecule has 2 aromatic rings. The van der Waals surface area contributed by atoms with E-state index in [1.807, 2.05) is 20.8 Å². The zero-order chi connectivity index (χ0) is 17.7. The number of hydrogen-bond acceptors (Lipinski definition) is 4. The molecular weight excluding hydrogens is 329 g/mol. The minimum Gasteiger partial charge on any atom is -0.331 e. The van der Waals surface area contributed by atoms with Crippen molar-refractivity contribution < 1.29 is 14.0 Å². The molecule has 0 saturated heterocycles. The number of carbonyl (C=O) groups is 2. The normalized spacial score (nSPS) is 10.7. The Bertz CT molecular complexity index is 713. The largest absolute Gasteiger partial charge is 0.331 e. The number of amides is 2. The number of nitrogens with zero attached hydrogens (tertiary/aromatic N) is 2. The van der Waals surface area contributed by atoms with E-state index in [0.717, 1.165) is 4.88 Å². The standard InChI is InChI=1S/C17H20FN3O2S/c1-11(2)21(10-15(22)20-17-19-9-12(3)24-17)16(23)8-13-4-6-14(18)7-5-13/h4-7,9,11H,8,10H2,1-3H3,(H,19,20,22). The molecule has 0 aliphatic heterocycles. The number of aryl methyl sites for hydroxylation is 1. The molecule has 0 saturated carbocycles. The fourth-order valence-corrected chi connectivity index (χ4v) is 2.84. The summed E-state index contributed by atoms with van der Waals surface area (Å²) in [5.74, 6) is -0.808. The predicted molar refractivity (Wildman–Crippen MR) is 92.4 cm³/mol. The van der Waals surface area contributed by atoms with Crippen molar-refractivity contribution in [3.8, 4) is 0 Å². The van der Waals surface area contributed by atoms with Gasteiger partial charge in [0.25, 0.3) is 0 Å². The molecule has 1 aromatic carbocycles. The van der Waals surface area contributed by atoms with Gasteiger partial charge < -0.3 is 10.2 Å². The lowest BCUT2D eigenvalue weighted by atomic mass is 10.1. The lowest BCUT2D eigenvalue weighted by Crippen LogP contribution is -2.43. The quantitative estimate of drug-likeness (QED) is 0.872. The molecular formula is C17H20FN3O2S. The van der Waals surface area contributed by atoms with Crippen LogP contribution in [0.1, 0.15) is 24.3 Å². The maximum Gasteiger partial charge on any atom is 0.245 e. The van der Waals surface area contributed by atoms with Gasteiger partial charge in [0.2, 0.25) is 11.8 Å². The smallest absolute Gasteiger partial charge is 0.245 e. The van der Waals surface area contributed by atoms with Crippen LogP contribution in [0.15, 0.2) is 30.5 Å². The highest BCUT2D eigenvalue weighted by molar-refractivity contribution is 7.15. The molecule has 0 atom stereocenters. The third-order valence-corrected chi connectivity index (χ3v) is 4.22. The summed E-state index contributed by atoms with van der Waals surface area (Å²) >= 11 is 1.38. The molecule has 2 rings (SSSR count). The predicted octanol–water partition coefficient (Wildman–Crippen LogP) is 3.01. The number of hydrogen-bond donors (Lipinski definition) is 1. The molecule has 0 aliphatic rings. The molecule has 0 spiro atoms. The van der Waals surface area contributed by atoms with Crippen molar-refractivity contribution in [1.82, 2.24) is 9.88 Å². The summed E-state index contributed by atoms with van der Waals surface area (Å²) in [5, 5.41) is 3.22. The second kappa shape index (κ2) is 8.01. The highest BCUT2D eigenvalue weighted by atomic mass is 32.1. The van der Waals surface area contributed by atoms with E-state index in [0.29, 0.717) is 10.7 Å². The second-order valence-corrected chi connectivity index (χ2v) is 6.98. The SMILES string of the molecule is Cc1cnc(NC(=O)CN(C(=O)Cc2ccc(F)cc2)C(C)C)s1. The summed E-state index contributed by atoms with van der Waals surface area (Å²) < 4.78 is 12.9. The van der Waals surface area contributed by atoms with E-state index < -0.39 is 0 Å². The van der Waals surface area contributed by atoms with Crippen LogP contribution in [0.25, 0.3) is 0 Å². The lowest BCUT2D eigenvalue weighted by Gasteiger charge is -2.26. The average Bonchev–Trinajstić information content (AvgIpc) is 2.91. The molecule has 1 N–H and O–H groups in total. The zero-order valence-electron chi connectivity index (χ0n) is 13.9. The van der Waals surface area contributed by atoms with Gasteiger partial charge in [-0.15, -0.1) is 11.3 Å². The first-order valence-corrected chi connectivity index (χ1v) is 8.43. The summed E-state index contributed by atoms with van der Waals surface area (Å²) in [6, 6.07) is 5.66. The van der Waals surface area contributed by atoms with Crippen molar-refractivity contribution in [2.45, 2.75) is 33.2 Å². The Hall–Kier alpha value is -2.28. The lowest BCUT2D eigenvalue weighted by molar-refractivity contribution is -0.135. The van der Waals surface area contributed by atoms with Crippen LogP contribution in [0.3, 0.4) is 0 Å². The first-order valence-electron chi connectivity index (χ1n) is 7.61. The van der Waals surface area contributed by atoms with E-state index in [-0.39, 0.29) is 36.6 Å². The zero-order valence-corrected chi connectivity index (χ0v) is 14.7. The Kier molecular flexibility index (Phi) is 6.03. The second-order valence-electron chi connectivity index (χ2n) is 5.74. The van der Waals surface area contributed by atoms with Gasteiger partial charge in [-0.1, -0.05) is 12.1 Å². The van der Waals surface area contributed by atoms with Crippen molar-refractivity contribution in [3.05, 3.63) is 46.7 Å². The van der Waals surface area contributed by atoms with Gasteiger partial charge in [-0.2, -0.15) is 0 Å².